The number of rotatable bonds is 4. The summed E-state index contributed by atoms with van der Waals surface area (Å²) >= 11 is 0. The number of pyridine rings is 1. The second-order valence-corrected chi connectivity index (χ2v) is 6.03. The number of halogens is 1. The van der Waals surface area contributed by atoms with Gasteiger partial charge in [-0.05, 0) is 67.3 Å². The molecule has 0 saturated carbocycles. The van der Waals surface area contributed by atoms with Gasteiger partial charge in [0.1, 0.15) is 18.2 Å². The van der Waals surface area contributed by atoms with Crippen LogP contribution in [-0.4, -0.2) is 4.98 Å². The van der Waals surface area contributed by atoms with Crippen molar-refractivity contribution in [2.75, 3.05) is 0 Å². The van der Waals surface area contributed by atoms with Gasteiger partial charge in [-0.3, -0.25) is 4.98 Å². The molecule has 122 valence electrons. The van der Waals surface area contributed by atoms with Gasteiger partial charge in [0.15, 0.2) is 0 Å². The number of ether oxygens (including phenoxy) is 1. The highest BCUT2D eigenvalue weighted by Gasteiger charge is 2.06. The largest absolute Gasteiger partial charge is 0.489 e. The minimum Gasteiger partial charge on any atom is -0.489 e. The van der Waals surface area contributed by atoms with E-state index in [2.05, 4.69) is 24.9 Å². The normalized spacial score (nSPS) is 10.7. The quantitative estimate of drug-likeness (QED) is 0.642. The van der Waals surface area contributed by atoms with Crippen molar-refractivity contribution >= 4 is 0 Å². The zero-order chi connectivity index (χ0) is 17.1. The standard InChI is InChI=1S/C21H20FNO/c1-14-5-4-6-21(16(14)3)24-13-17-10-19(12-23-11-17)18-7-8-20(22)15(2)9-18/h4-12H,13H2,1-3H3. The van der Waals surface area contributed by atoms with Gasteiger partial charge in [-0.2, -0.15) is 0 Å². The predicted octanol–water partition coefficient (Wildman–Crippen LogP) is 5.39. The Kier molecular flexibility index (Phi) is 4.61. The molecule has 1 heterocycles. The van der Waals surface area contributed by atoms with E-state index >= 15 is 0 Å². The first-order chi connectivity index (χ1) is 11.5. The zero-order valence-corrected chi connectivity index (χ0v) is 14.1. The second-order valence-electron chi connectivity index (χ2n) is 6.03. The van der Waals surface area contributed by atoms with Gasteiger partial charge < -0.3 is 4.74 Å². The third-order valence-corrected chi connectivity index (χ3v) is 4.24. The summed E-state index contributed by atoms with van der Waals surface area (Å²) in [5.74, 6) is 0.694. The highest BCUT2D eigenvalue weighted by atomic mass is 19.1. The van der Waals surface area contributed by atoms with E-state index in [1.54, 1.807) is 25.4 Å². The van der Waals surface area contributed by atoms with Gasteiger partial charge in [-0.1, -0.05) is 18.2 Å². The number of aromatic nitrogens is 1. The summed E-state index contributed by atoms with van der Waals surface area (Å²) in [4.78, 5) is 4.29. The summed E-state index contributed by atoms with van der Waals surface area (Å²) in [5, 5.41) is 0. The zero-order valence-electron chi connectivity index (χ0n) is 14.1. The molecule has 0 aliphatic heterocycles. The van der Waals surface area contributed by atoms with Crippen molar-refractivity contribution in [2.45, 2.75) is 27.4 Å². The van der Waals surface area contributed by atoms with E-state index in [9.17, 15) is 4.39 Å². The molecule has 0 atom stereocenters. The van der Waals surface area contributed by atoms with E-state index in [1.807, 2.05) is 24.3 Å². The van der Waals surface area contributed by atoms with Gasteiger partial charge in [0, 0.05) is 23.5 Å². The lowest BCUT2D eigenvalue weighted by molar-refractivity contribution is 0.303. The lowest BCUT2D eigenvalue weighted by Crippen LogP contribution is -1.99. The van der Waals surface area contributed by atoms with Crippen LogP contribution >= 0.6 is 0 Å². The average molecular weight is 321 g/mol. The summed E-state index contributed by atoms with van der Waals surface area (Å²) in [6.07, 6.45) is 3.58. The van der Waals surface area contributed by atoms with Crippen LogP contribution in [0.1, 0.15) is 22.3 Å². The first-order valence-electron chi connectivity index (χ1n) is 7.94. The molecule has 3 aromatic rings. The molecule has 0 fully saturated rings. The molecular weight excluding hydrogens is 301 g/mol. The molecule has 0 spiro atoms. The molecule has 0 radical (unpaired) electrons. The van der Waals surface area contributed by atoms with E-state index in [1.165, 1.54) is 11.6 Å². The number of benzene rings is 2. The van der Waals surface area contributed by atoms with Crippen LogP contribution in [0.15, 0.2) is 54.9 Å². The minimum absolute atomic E-state index is 0.193. The first-order valence-corrected chi connectivity index (χ1v) is 7.94. The van der Waals surface area contributed by atoms with Crippen LogP contribution < -0.4 is 4.74 Å². The molecule has 0 saturated heterocycles. The van der Waals surface area contributed by atoms with Gasteiger partial charge in [0.05, 0.1) is 0 Å². The summed E-state index contributed by atoms with van der Waals surface area (Å²) < 4.78 is 19.4. The Morgan fingerprint density at radius 1 is 0.917 bits per heavy atom. The van der Waals surface area contributed by atoms with E-state index in [0.717, 1.165) is 28.0 Å². The third kappa shape index (κ3) is 3.46. The van der Waals surface area contributed by atoms with Crippen molar-refractivity contribution in [3.05, 3.63) is 82.9 Å². The maximum Gasteiger partial charge on any atom is 0.126 e. The van der Waals surface area contributed by atoms with Gasteiger partial charge >= 0.3 is 0 Å². The molecule has 3 heteroatoms. The lowest BCUT2D eigenvalue weighted by atomic mass is 10.0. The Morgan fingerprint density at radius 2 is 1.75 bits per heavy atom. The predicted molar refractivity (Wildman–Crippen MR) is 94.6 cm³/mol. The van der Waals surface area contributed by atoms with Gasteiger partial charge in [0.2, 0.25) is 0 Å². The summed E-state index contributed by atoms with van der Waals surface area (Å²) in [6, 6.07) is 13.2. The number of aryl methyl sites for hydroxylation is 2. The van der Waals surface area contributed by atoms with Crippen LogP contribution in [0.4, 0.5) is 4.39 Å². The molecule has 0 aliphatic carbocycles. The second kappa shape index (κ2) is 6.83. The Labute approximate surface area is 142 Å². The Hall–Kier alpha value is -2.68. The summed E-state index contributed by atoms with van der Waals surface area (Å²) in [6.45, 7) is 6.34. The lowest BCUT2D eigenvalue weighted by Gasteiger charge is -2.11. The molecule has 1 aromatic heterocycles. The molecule has 2 aromatic carbocycles. The minimum atomic E-state index is -0.193. The van der Waals surface area contributed by atoms with Crippen molar-refractivity contribution in [3.8, 4) is 16.9 Å². The Bertz CT molecular complexity index is 873. The Morgan fingerprint density at radius 3 is 2.54 bits per heavy atom. The van der Waals surface area contributed by atoms with E-state index in [4.69, 9.17) is 4.74 Å². The number of hydrogen-bond acceptors (Lipinski definition) is 2. The first kappa shape index (κ1) is 16.2. The molecule has 0 aliphatic rings. The van der Waals surface area contributed by atoms with Crippen LogP contribution in [0.2, 0.25) is 0 Å². The topological polar surface area (TPSA) is 22.1 Å². The van der Waals surface area contributed by atoms with Crippen LogP contribution in [0, 0.1) is 26.6 Å². The van der Waals surface area contributed by atoms with E-state index in [-0.39, 0.29) is 5.82 Å². The molecule has 3 rings (SSSR count). The van der Waals surface area contributed by atoms with Crippen molar-refractivity contribution in [2.24, 2.45) is 0 Å². The van der Waals surface area contributed by atoms with Gasteiger partial charge in [-0.15, -0.1) is 0 Å². The number of nitrogens with zero attached hydrogens (tertiary/aromatic N) is 1. The maximum atomic E-state index is 13.4. The summed E-state index contributed by atoms with van der Waals surface area (Å²) in [7, 11) is 0. The molecule has 0 unspecified atom stereocenters. The molecule has 0 bridgehead atoms. The average Bonchev–Trinajstić information content (AvgIpc) is 2.59. The van der Waals surface area contributed by atoms with Crippen LogP contribution in [-0.2, 0) is 6.61 Å². The van der Waals surface area contributed by atoms with Gasteiger partial charge in [-0.25, -0.2) is 4.39 Å². The van der Waals surface area contributed by atoms with Crippen molar-refractivity contribution in [3.63, 3.8) is 0 Å². The van der Waals surface area contributed by atoms with Crippen LogP contribution in [0.3, 0.4) is 0 Å². The van der Waals surface area contributed by atoms with Crippen molar-refractivity contribution in [1.82, 2.24) is 4.98 Å². The van der Waals surface area contributed by atoms with Gasteiger partial charge in [0.25, 0.3) is 0 Å². The smallest absolute Gasteiger partial charge is 0.126 e. The van der Waals surface area contributed by atoms with E-state index in [0.29, 0.717) is 12.2 Å². The van der Waals surface area contributed by atoms with Crippen LogP contribution in [0.25, 0.3) is 11.1 Å². The summed E-state index contributed by atoms with van der Waals surface area (Å²) in [5.41, 5.74) is 5.88. The van der Waals surface area contributed by atoms with Crippen molar-refractivity contribution in [1.29, 1.82) is 0 Å². The molecule has 24 heavy (non-hydrogen) atoms. The third-order valence-electron chi connectivity index (χ3n) is 4.24. The maximum absolute atomic E-state index is 13.4. The molecule has 0 N–H and O–H groups in total. The molecule has 0 amide bonds. The molecular formula is C21H20FNO. The van der Waals surface area contributed by atoms with Crippen LogP contribution in [0.5, 0.6) is 5.75 Å². The number of hydrogen-bond donors (Lipinski definition) is 0. The van der Waals surface area contributed by atoms with E-state index < -0.39 is 0 Å². The SMILES string of the molecule is Cc1cc(-c2cncc(COc3cccc(C)c3C)c2)ccc1F. The fraction of sp³-hybridized carbons (Fsp3) is 0.190. The highest BCUT2D eigenvalue weighted by Crippen LogP contribution is 2.24. The van der Waals surface area contributed by atoms with Crippen molar-refractivity contribution < 1.29 is 9.13 Å². The Balaban J connectivity index is 1.80. The fourth-order valence-corrected chi connectivity index (χ4v) is 2.59. The highest BCUT2D eigenvalue weighted by molar-refractivity contribution is 5.63. The monoisotopic (exact) mass is 321 g/mol. The molecule has 2 nitrogen and oxygen atoms in total. The fourth-order valence-electron chi connectivity index (χ4n) is 2.59.